The van der Waals surface area contributed by atoms with Crippen molar-refractivity contribution in [1.82, 2.24) is 9.29 Å². The number of hydrogen-bond donors (Lipinski definition) is 0. The van der Waals surface area contributed by atoms with Gasteiger partial charge in [0, 0.05) is 24.0 Å². The minimum absolute atomic E-state index is 0.0219. The van der Waals surface area contributed by atoms with Gasteiger partial charge in [-0.2, -0.15) is 4.31 Å². The average Bonchev–Trinajstić information content (AvgIpc) is 2.92. The van der Waals surface area contributed by atoms with Crippen LogP contribution < -0.4 is 0 Å². The lowest BCUT2D eigenvalue weighted by atomic mass is 10.0. The van der Waals surface area contributed by atoms with Crippen molar-refractivity contribution in [3.05, 3.63) is 96.1 Å². The molecular weight excluding hydrogens is 464 g/mol. The maximum Gasteiger partial charge on any atom is 0.339 e. The molecule has 0 saturated carbocycles. The molecule has 0 unspecified atom stereocenters. The van der Waals surface area contributed by atoms with E-state index in [-0.39, 0.29) is 11.5 Å². The van der Waals surface area contributed by atoms with Crippen LogP contribution in [-0.2, 0) is 26.1 Å². The molecule has 1 saturated heterocycles. The first-order chi connectivity index (χ1) is 17.0. The molecule has 1 fully saturated rings. The summed E-state index contributed by atoms with van der Waals surface area (Å²) in [5.41, 5.74) is 3.43. The number of nitrogens with zero attached hydrogens (tertiary/aromatic N) is 2. The summed E-state index contributed by atoms with van der Waals surface area (Å²) in [7, 11) is -3.57. The van der Waals surface area contributed by atoms with E-state index in [2.05, 4.69) is 0 Å². The van der Waals surface area contributed by atoms with E-state index < -0.39 is 16.0 Å². The highest BCUT2D eigenvalue weighted by Crippen LogP contribution is 2.26. The molecule has 0 radical (unpaired) electrons. The Labute approximate surface area is 204 Å². The lowest BCUT2D eigenvalue weighted by Gasteiger charge is -2.26. The number of aromatic nitrogens is 1. The normalized spacial score (nSPS) is 14.6. The molecule has 0 aliphatic carbocycles. The van der Waals surface area contributed by atoms with Crippen LogP contribution in [0.4, 0.5) is 0 Å². The number of rotatable bonds is 6. The van der Waals surface area contributed by atoms with Crippen molar-refractivity contribution in [2.45, 2.75) is 11.5 Å². The molecule has 1 aliphatic rings. The van der Waals surface area contributed by atoms with Crippen LogP contribution >= 0.6 is 0 Å². The van der Waals surface area contributed by atoms with Gasteiger partial charge in [0.2, 0.25) is 10.0 Å². The van der Waals surface area contributed by atoms with Gasteiger partial charge >= 0.3 is 5.97 Å². The highest BCUT2D eigenvalue weighted by atomic mass is 32.2. The molecule has 2 heterocycles. The number of morpholine rings is 1. The Bertz CT molecular complexity index is 1450. The first kappa shape index (κ1) is 23.2. The molecule has 5 rings (SSSR count). The molecule has 1 aliphatic heterocycles. The molecule has 7 nitrogen and oxygen atoms in total. The van der Waals surface area contributed by atoms with Gasteiger partial charge in [-0.3, -0.25) is 0 Å². The summed E-state index contributed by atoms with van der Waals surface area (Å²) in [4.78, 5) is 18.0. The number of sulfonamides is 1. The number of fused-ring (bicyclic) bond motifs is 1. The van der Waals surface area contributed by atoms with Crippen molar-refractivity contribution >= 4 is 26.9 Å². The molecule has 1 aromatic heterocycles. The van der Waals surface area contributed by atoms with Crippen molar-refractivity contribution in [2.24, 2.45) is 0 Å². The van der Waals surface area contributed by atoms with E-state index in [1.807, 2.05) is 54.6 Å². The lowest BCUT2D eigenvalue weighted by Crippen LogP contribution is -2.40. The van der Waals surface area contributed by atoms with Crippen molar-refractivity contribution in [3.8, 4) is 11.3 Å². The average molecular weight is 489 g/mol. The second-order valence-electron chi connectivity index (χ2n) is 8.17. The summed E-state index contributed by atoms with van der Waals surface area (Å²) in [6.07, 6.45) is 0. The number of para-hydroxylation sites is 1. The van der Waals surface area contributed by atoms with Gasteiger partial charge in [-0.05, 0) is 29.8 Å². The molecule has 4 aromatic rings. The molecule has 0 amide bonds. The van der Waals surface area contributed by atoms with Gasteiger partial charge in [-0.25, -0.2) is 18.2 Å². The van der Waals surface area contributed by atoms with Gasteiger partial charge in [0.05, 0.1) is 34.9 Å². The zero-order chi connectivity index (χ0) is 24.3. The van der Waals surface area contributed by atoms with E-state index in [1.165, 1.54) is 4.31 Å². The molecule has 0 atom stereocenters. The van der Waals surface area contributed by atoms with Gasteiger partial charge in [0.15, 0.2) is 0 Å². The highest BCUT2D eigenvalue weighted by Gasteiger charge is 2.26. The molecule has 8 heteroatoms. The van der Waals surface area contributed by atoms with Crippen LogP contribution in [0.15, 0.2) is 89.8 Å². The summed E-state index contributed by atoms with van der Waals surface area (Å²) in [5, 5.41) is 0.712. The van der Waals surface area contributed by atoms with Gasteiger partial charge in [0.25, 0.3) is 0 Å². The first-order valence-corrected chi connectivity index (χ1v) is 12.8. The molecule has 35 heavy (non-hydrogen) atoms. The summed E-state index contributed by atoms with van der Waals surface area (Å²) >= 11 is 0. The minimum atomic E-state index is -3.57. The fourth-order valence-electron chi connectivity index (χ4n) is 4.02. The van der Waals surface area contributed by atoms with Crippen LogP contribution in [0.3, 0.4) is 0 Å². The summed E-state index contributed by atoms with van der Waals surface area (Å²) in [6.45, 7) is 1.49. The number of ether oxygens (including phenoxy) is 2. The molecule has 0 bridgehead atoms. The number of esters is 1. The van der Waals surface area contributed by atoms with Crippen LogP contribution in [0, 0.1) is 0 Å². The Morgan fingerprint density at radius 3 is 2.34 bits per heavy atom. The number of benzene rings is 3. The second-order valence-corrected chi connectivity index (χ2v) is 10.1. The van der Waals surface area contributed by atoms with Crippen LogP contribution in [0.25, 0.3) is 22.2 Å². The molecule has 0 spiro atoms. The second kappa shape index (κ2) is 9.95. The molecule has 3 aromatic carbocycles. The maximum atomic E-state index is 13.1. The number of carbonyl (C=O) groups is 1. The monoisotopic (exact) mass is 488 g/mol. The quantitative estimate of drug-likeness (QED) is 0.377. The van der Waals surface area contributed by atoms with Gasteiger partial charge < -0.3 is 9.47 Å². The highest BCUT2D eigenvalue weighted by molar-refractivity contribution is 7.89. The number of hydrogen-bond acceptors (Lipinski definition) is 6. The standard InChI is InChI=1S/C27H24N2O5S/c30-27(24-18-26(21-6-2-1-3-7-21)28-25-9-5-4-8-23(24)25)34-19-20-10-12-22(13-11-20)35(31,32)29-14-16-33-17-15-29/h1-13,18H,14-17,19H2. The molecule has 178 valence electrons. The Kier molecular flexibility index (Phi) is 6.59. The van der Waals surface area contributed by atoms with E-state index in [0.717, 1.165) is 5.56 Å². The van der Waals surface area contributed by atoms with Crippen LogP contribution in [0.2, 0.25) is 0 Å². The third kappa shape index (κ3) is 4.95. The SMILES string of the molecule is O=C(OCc1ccc(S(=O)(=O)N2CCOCC2)cc1)c1cc(-c2ccccc2)nc2ccccc12. The predicted octanol–water partition coefficient (Wildman–Crippen LogP) is 4.28. The van der Waals surface area contributed by atoms with E-state index in [1.54, 1.807) is 30.3 Å². The van der Waals surface area contributed by atoms with Crippen LogP contribution in [-0.4, -0.2) is 50.0 Å². The Hall–Kier alpha value is -3.59. The van der Waals surface area contributed by atoms with Crippen molar-refractivity contribution in [2.75, 3.05) is 26.3 Å². The Balaban J connectivity index is 1.34. The van der Waals surface area contributed by atoms with Crippen LogP contribution in [0.1, 0.15) is 15.9 Å². The smallest absolute Gasteiger partial charge is 0.339 e. The van der Waals surface area contributed by atoms with Gasteiger partial charge in [0.1, 0.15) is 6.61 Å². The Morgan fingerprint density at radius 1 is 0.914 bits per heavy atom. The lowest BCUT2D eigenvalue weighted by molar-refractivity contribution is 0.0475. The van der Waals surface area contributed by atoms with E-state index in [0.29, 0.717) is 54.0 Å². The first-order valence-electron chi connectivity index (χ1n) is 11.3. The van der Waals surface area contributed by atoms with E-state index >= 15 is 0 Å². The van der Waals surface area contributed by atoms with Crippen molar-refractivity contribution < 1.29 is 22.7 Å². The topological polar surface area (TPSA) is 85.8 Å². The predicted molar refractivity (Wildman–Crippen MR) is 132 cm³/mol. The summed E-state index contributed by atoms with van der Waals surface area (Å²) < 4.78 is 37.9. The fraction of sp³-hybridized carbons (Fsp3) is 0.185. The van der Waals surface area contributed by atoms with Crippen molar-refractivity contribution in [3.63, 3.8) is 0 Å². The van der Waals surface area contributed by atoms with Gasteiger partial charge in [-0.15, -0.1) is 0 Å². The third-order valence-electron chi connectivity index (χ3n) is 5.91. The third-order valence-corrected chi connectivity index (χ3v) is 7.82. The summed E-state index contributed by atoms with van der Waals surface area (Å²) in [6, 6.07) is 25.3. The van der Waals surface area contributed by atoms with E-state index in [9.17, 15) is 13.2 Å². The zero-order valence-electron chi connectivity index (χ0n) is 19.0. The fourth-order valence-corrected chi connectivity index (χ4v) is 5.43. The van der Waals surface area contributed by atoms with Crippen molar-refractivity contribution in [1.29, 1.82) is 0 Å². The summed E-state index contributed by atoms with van der Waals surface area (Å²) in [5.74, 6) is -0.467. The minimum Gasteiger partial charge on any atom is -0.457 e. The number of pyridine rings is 1. The molecule has 0 N–H and O–H groups in total. The van der Waals surface area contributed by atoms with E-state index in [4.69, 9.17) is 14.5 Å². The largest absolute Gasteiger partial charge is 0.457 e. The maximum absolute atomic E-state index is 13.1. The van der Waals surface area contributed by atoms with Crippen LogP contribution in [0.5, 0.6) is 0 Å². The van der Waals surface area contributed by atoms with Gasteiger partial charge in [-0.1, -0.05) is 60.7 Å². The number of carbonyl (C=O) groups excluding carboxylic acids is 1. The Morgan fingerprint density at radius 2 is 1.60 bits per heavy atom. The zero-order valence-corrected chi connectivity index (χ0v) is 19.8. The molecular formula is C27H24N2O5S.